The molecule has 0 saturated heterocycles. The average Bonchev–Trinajstić information content (AvgIpc) is 3.17. The van der Waals surface area contributed by atoms with Crippen LogP contribution < -0.4 is 14.4 Å². The molecular weight excluding hydrogens is 488 g/mol. The van der Waals surface area contributed by atoms with Crippen molar-refractivity contribution in [3.8, 4) is 17.5 Å². The zero-order valence-electron chi connectivity index (χ0n) is 18.5. The minimum Gasteiger partial charge on any atom is -0.435 e. The molecule has 1 aliphatic rings. The highest BCUT2D eigenvalue weighted by Crippen LogP contribution is 2.35. The maximum Gasteiger partial charge on any atom is 0.387 e. The van der Waals surface area contributed by atoms with E-state index < -0.39 is 18.9 Å². The molecule has 4 rings (SSSR count). The van der Waals surface area contributed by atoms with Gasteiger partial charge in [0.15, 0.2) is 11.5 Å². The number of nitrogens with zero attached hydrogens (tertiary/aromatic N) is 5. The third kappa shape index (κ3) is 5.29. The maximum absolute atomic E-state index is 13.4. The number of aromatic nitrogens is 3. The quantitative estimate of drug-likeness (QED) is 0.453. The van der Waals surface area contributed by atoms with E-state index >= 15 is 0 Å². The fraction of sp³-hybridized carbons (Fsp3) is 0.318. The highest BCUT2D eigenvalue weighted by Gasteiger charge is 2.40. The van der Waals surface area contributed by atoms with Crippen molar-refractivity contribution < 1.29 is 33.3 Å². The van der Waals surface area contributed by atoms with Crippen molar-refractivity contribution in [2.45, 2.75) is 25.9 Å². The Morgan fingerprint density at radius 3 is 2.69 bits per heavy atom. The van der Waals surface area contributed by atoms with Gasteiger partial charge >= 0.3 is 12.6 Å². The molecule has 1 aromatic carbocycles. The predicted octanol–water partition coefficient (Wildman–Crippen LogP) is 2.92. The van der Waals surface area contributed by atoms with Gasteiger partial charge in [0.1, 0.15) is 11.5 Å². The lowest BCUT2D eigenvalue weighted by Gasteiger charge is -2.38. The molecule has 10 nitrogen and oxygen atoms in total. The third-order valence-electron chi connectivity index (χ3n) is 5.24. The third-order valence-corrected chi connectivity index (χ3v) is 5.47. The predicted molar refractivity (Wildman–Crippen MR) is 121 cm³/mol. The molecule has 0 saturated carbocycles. The molecule has 13 heteroatoms. The number of carbonyl (C=O) groups is 1. The van der Waals surface area contributed by atoms with Crippen LogP contribution in [0.2, 0.25) is 5.02 Å². The average molecular weight is 510 g/mol. The summed E-state index contributed by atoms with van der Waals surface area (Å²) in [5.41, 5.74) is 0.667. The van der Waals surface area contributed by atoms with Crippen LogP contribution in [0.3, 0.4) is 0 Å². The van der Waals surface area contributed by atoms with Crippen molar-refractivity contribution in [2.24, 2.45) is 0 Å². The standard InChI is InChI=1S/C22H22ClF2N5O5/c1-28-18-17(19(32)29(22(28)33)8-3-9-31)30(12-14-7-6-13(23)11-26-14)21(27-18)35-16-5-2-4-15(10-16)34-20(24)25/h2,4-7,10-11,20,22,31,33H,3,8-9,12H2,1H3. The summed E-state index contributed by atoms with van der Waals surface area (Å²) in [7, 11) is 1.56. The second kappa shape index (κ2) is 10.4. The molecule has 0 aliphatic carbocycles. The van der Waals surface area contributed by atoms with Gasteiger partial charge in [0.2, 0.25) is 6.35 Å². The largest absolute Gasteiger partial charge is 0.435 e. The summed E-state index contributed by atoms with van der Waals surface area (Å²) >= 11 is 5.94. The van der Waals surface area contributed by atoms with Gasteiger partial charge in [-0.3, -0.25) is 19.2 Å². The first-order valence-corrected chi connectivity index (χ1v) is 10.9. The molecular formula is C22H22ClF2N5O5. The first-order chi connectivity index (χ1) is 16.8. The van der Waals surface area contributed by atoms with Crippen molar-refractivity contribution >= 4 is 23.3 Å². The zero-order valence-corrected chi connectivity index (χ0v) is 19.3. The number of benzene rings is 1. The van der Waals surface area contributed by atoms with Gasteiger partial charge in [-0.05, 0) is 30.7 Å². The van der Waals surface area contributed by atoms with Crippen LogP contribution in [0.1, 0.15) is 22.6 Å². The number of fused-ring (bicyclic) bond motifs is 1. The van der Waals surface area contributed by atoms with E-state index in [-0.39, 0.29) is 55.1 Å². The van der Waals surface area contributed by atoms with Gasteiger partial charge in [-0.25, -0.2) is 0 Å². The lowest BCUT2D eigenvalue weighted by molar-refractivity contribution is -0.0499. The van der Waals surface area contributed by atoms with Crippen LogP contribution in [0.25, 0.3) is 0 Å². The summed E-state index contributed by atoms with van der Waals surface area (Å²) in [5, 5.41) is 20.3. The van der Waals surface area contributed by atoms with Crippen LogP contribution in [0, 0.1) is 0 Å². The van der Waals surface area contributed by atoms with Gasteiger partial charge in [0, 0.05) is 32.5 Å². The van der Waals surface area contributed by atoms with E-state index in [1.807, 2.05) is 0 Å². The number of aliphatic hydroxyl groups excluding tert-OH is 2. The van der Waals surface area contributed by atoms with Gasteiger partial charge in [-0.15, -0.1) is 0 Å². The number of ether oxygens (including phenoxy) is 2. The first-order valence-electron chi connectivity index (χ1n) is 10.5. The number of rotatable bonds is 9. The van der Waals surface area contributed by atoms with Gasteiger partial charge in [0.05, 0.1) is 17.3 Å². The molecule has 2 aromatic heterocycles. The van der Waals surface area contributed by atoms with Crippen molar-refractivity contribution in [1.82, 2.24) is 19.4 Å². The summed E-state index contributed by atoms with van der Waals surface area (Å²) in [4.78, 5) is 24.7. The number of hydrogen-bond donors (Lipinski definition) is 2. The van der Waals surface area contributed by atoms with E-state index in [0.29, 0.717) is 10.7 Å². The highest BCUT2D eigenvalue weighted by molar-refractivity contribution is 6.30. The number of halogens is 3. The summed E-state index contributed by atoms with van der Waals surface area (Å²) in [6.07, 6.45) is 0.408. The Morgan fingerprint density at radius 1 is 1.23 bits per heavy atom. The molecule has 3 heterocycles. The van der Waals surface area contributed by atoms with E-state index in [9.17, 15) is 23.8 Å². The summed E-state index contributed by atoms with van der Waals surface area (Å²) in [6.45, 7) is -3.00. The van der Waals surface area contributed by atoms with Gasteiger partial charge in [-0.1, -0.05) is 17.7 Å². The normalized spacial score (nSPS) is 15.5. The Balaban J connectivity index is 1.76. The van der Waals surface area contributed by atoms with Gasteiger partial charge in [0.25, 0.3) is 5.91 Å². The minimum absolute atomic E-state index is 0.0302. The van der Waals surface area contributed by atoms with E-state index in [2.05, 4.69) is 14.7 Å². The second-order valence-corrected chi connectivity index (χ2v) is 8.05. The van der Waals surface area contributed by atoms with Crippen LogP contribution in [-0.4, -0.2) is 68.7 Å². The van der Waals surface area contributed by atoms with Crippen molar-refractivity contribution in [1.29, 1.82) is 0 Å². The highest BCUT2D eigenvalue weighted by atomic mass is 35.5. The van der Waals surface area contributed by atoms with Crippen LogP contribution in [0.5, 0.6) is 17.5 Å². The number of carbonyl (C=O) groups excluding carboxylic acids is 1. The number of amides is 1. The molecule has 0 spiro atoms. The van der Waals surface area contributed by atoms with E-state index in [0.717, 1.165) is 0 Å². The molecule has 0 fully saturated rings. The maximum atomic E-state index is 13.4. The number of hydrogen-bond acceptors (Lipinski definition) is 8. The summed E-state index contributed by atoms with van der Waals surface area (Å²) in [6, 6.07) is 8.88. The Labute approximate surface area is 203 Å². The van der Waals surface area contributed by atoms with E-state index in [4.69, 9.17) is 16.3 Å². The topological polar surface area (TPSA) is 113 Å². The van der Waals surface area contributed by atoms with E-state index in [1.54, 1.807) is 19.2 Å². The molecule has 3 aromatic rings. The molecule has 1 aliphatic heterocycles. The number of pyridine rings is 1. The first kappa shape index (κ1) is 24.6. The molecule has 186 valence electrons. The zero-order chi connectivity index (χ0) is 25.1. The number of aliphatic hydroxyl groups is 2. The molecule has 35 heavy (non-hydrogen) atoms. The van der Waals surface area contributed by atoms with Gasteiger partial charge < -0.3 is 24.6 Å². The van der Waals surface area contributed by atoms with Crippen molar-refractivity contribution in [2.75, 3.05) is 25.1 Å². The number of alkyl halides is 2. The van der Waals surface area contributed by atoms with Crippen molar-refractivity contribution in [3.63, 3.8) is 0 Å². The monoisotopic (exact) mass is 509 g/mol. The molecule has 2 N–H and O–H groups in total. The van der Waals surface area contributed by atoms with Crippen LogP contribution in [0.4, 0.5) is 14.6 Å². The number of anilines is 1. The Morgan fingerprint density at radius 2 is 2.00 bits per heavy atom. The molecule has 0 radical (unpaired) electrons. The fourth-order valence-electron chi connectivity index (χ4n) is 3.60. The number of imidazole rings is 1. The lowest BCUT2D eigenvalue weighted by atomic mass is 10.2. The van der Waals surface area contributed by atoms with Gasteiger partial charge in [-0.2, -0.15) is 13.8 Å². The smallest absolute Gasteiger partial charge is 0.387 e. The molecule has 0 bridgehead atoms. The van der Waals surface area contributed by atoms with Crippen LogP contribution in [0.15, 0.2) is 42.6 Å². The molecule has 1 amide bonds. The van der Waals surface area contributed by atoms with Crippen LogP contribution in [-0.2, 0) is 6.54 Å². The SMILES string of the molecule is CN1c2nc(Oc3cccc(OC(F)F)c3)n(Cc3ccc(Cl)cn3)c2C(=O)N(CCCO)C1O. The van der Waals surface area contributed by atoms with E-state index in [1.165, 1.54) is 44.8 Å². The second-order valence-electron chi connectivity index (χ2n) is 7.61. The summed E-state index contributed by atoms with van der Waals surface area (Å²) in [5.74, 6) is -0.334. The van der Waals surface area contributed by atoms with Crippen LogP contribution >= 0.6 is 11.6 Å². The minimum atomic E-state index is -3.01. The Hall–Kier alpha value is -3.48. The molecule has 1 unspecified atom stereocenters. The van der Waals surface area contributed by atoms with Crippen molar-refractivity contribution in [3.05, 3.63) is 59.0 Å². The molecule has 1 atom stereocenters. The Bertz CT molecular complexity index is 1190. The fourth-order valence-corrected chi connectivity index (χ4v) is 3.71. The Kier molecular flexibility index (Phi) is 7.34. The summed E-state index contributed by atoms with van der Waals surface area (Å²) < 4.78 is 37.1. The lowest BCUT2D eigenvalue weighted by Crippen LogP contribution is -2.54.